The maximum atomic E-state index is 15.4. The van der Waals surface area contributed by atoms with E-state index in [9.17, 15) is 9.59 Å². The average molecular weight is 543 g/mol. The van der Waals surface area contributed by atoms with Crippen LogP contribution in [0.5, 0.6) is 0 Å². The highest BCUT2D eigenvalue weighted by Crippen LogP contribution is 2.32. The molecule has 0 radical (unpaired) electrons. The van der Waals surface area contributed by atoms with E-state index in [4.69, 9.17) is 4.74 Å². The lowest BCUT2D eigenvalue weighted by molar-refractivity contribution is -0.120. The molecule has 0 unspecified atom stereocenters. The lowest BCUT2D eigenvalue weighted by atomic mass is 9.88. The number of hydrogen-bond donors (Lipinski definition) is 3. The number of morpholine rings is 1. The zero-order valence-corrected chi connectivity index (χ0v) is 22.1. The van der Waals surface area contributed by atoms with E-state index in [0.717, 1.165) is 50.9 Å². The van der Waals surface area contributed by atoms with Crippen molar-refractivity contribution in [2.24, 2.45) is 5.92 Å². The number of nitrogens with one attached hydrogen (secondary N) is 3. The predicted molar refractivity (Wildman–Crippen MR) is 154 cm³/mol. The minimum absolute atomic E-state index is 0.0260. The van der Waals surface area contributed by atoms with Crippen molar-refractivity contribution in [3.8, 4) is 11.3 Å². The Morgan fingerprint density at radius 2 is 1.88 bits per heavy atom. The second-order valence-corrected chi connectivity index (χ2v) is 10.3. The van der Waals surface area contributed by atoms with E-state index in [1.807, 2.05) is 12.1 Å². The van der Waals surface area contributed by atoms with Crippen molar-refractivity contribution in [2.45, 2.75) is 32.1 Å². The summed E-state index contributed by atoms with van der Waals surface area (Å²) in [4.78, 5) is 39.4. The number of fused-ring (bicyclic) bond motifs is 1. The summed E-state index contributed by atoms with van der Waals surface area (Å²) in [5.74, 6) is -0.0625. The molecule has 6 rings (SSSR count). The molecule has 206 valence electrons. The second kappa shape index (κ2) is 11.4. The SMILES string of the molecule is O=C(Nc1ccc(-c2cc(Nc3ccc(N4CCOCC4)cn3)c3c(=O)[nH]ccc3n2)c(F)c1)C1CCCCC1. The van der Waals surface area contributed by atoms with Gasteiger partial charge in [0, 0.05) is 36.5 Å². The fourth-order valence-electron chi connectivity index (χ4n) is 5.45. The van der Waals surface area contributed by atoms with Crippen molar-refractivity contribution in [1.82, 2.24) is 15.0 Å². The van der Waals surface area contributed by atoms with Crippen LogP contribution < -0.4 is 21.1 Å². The number of halogens is 1. The van der Waals surface area contributed by atoms with Crippen molar-refractivity contribution in [3.05, 3.63) is 71.0 Å². The Hall–Kier alpha value is -4.31. The fraction of sp³-hybridized carbons (Fsp3) is 0.333. The van der Waals surface area contributed by atoms with Crippen LogP contribution in [0.2, 0.25) is 0 Å². The highest BCUT2D eigenvalue weighted by molar-refractivity contribution is 5.95. The fourth-order valence-corrected chi connectivity index (χ4v) is 5.45. The third kappa shape index (κ3) is 5.53. The normalized spacial score (nSPS) is 16.2. The Morgan fingerprint density at radius 1 is 1.05 bits per heavy atom. The minimum atomic E-state index is -0.517. The molecule has 3 N–H and O–H groups in total. The number of carbonyl (C=O) groups is 1. The maximum Gasteiger partial charge on any atom is 0.259 e. The summed E-state index contributed by atoms with van der Waals surface area (Å²) in [5.41, 5.74) is 2.59. The molecule has 1 saturated carbocycles. The number of hydrogen-bond acceptors (Lipinski definition) is 7. The Labute approximate surface area is 230 Å². The van der Waals surface area contributed by atoms with E-state index >= 15 is 4.39 Å². The van der Waals surface area contributed by atoms with Gasteiger partial charge in [-0.2, -0.15) is 0 Å². The van der Waals surface area contributed by atoms with Crippen LogP contribution >= 0.6 is 0 Å². The first-order valence-corrected chi connectivity index (χ1v) is 13.7. The number of benzene rings is 1. The first-order valence-electron chi connectivity index (χ1n) is 13.7. The third-order valence-corrected chi connectivity index (χ3v) is 7.61. The molecule has 4 heterocycles. The number of amides is 1. The molecule has 1 aliphatic carbocycles. The number of carbonyl (C=O) groups excluding carboxylic acids is 1. The molecular weight excluding hydrogens is 511 g/mol. The number of ether oxygens (including phenoxy) is 1. The van der Waals surface area contributed by atoms with Gasteiger partial charge in [0.15, 0.2) is 0 Å². The molecule has 1 aliphatic heterocycles. The van der Waals surface area contributed by atoms with Crippen molar-refractivity contribution >= 4 is 39.7 Å². The summed E-state index contributed by atoms with van der Waals surface area (Å²) in [6.45, 7) is 2.96. The third-order valence-electron chi connectivity index (χ3n) is 7.61. The van der Waals surface area contributed by atoms with Gasteiger partial charge >= 0.3 is 0 Å². The molecule has 0 bridgehead atoms. The maximum absolute atomic E-state index is 15.4. The summed E-state index contributed by atoms with van der Waals surface area (Å²) in [6.07, 6.45) is 8.28. The summed E-state index contributed by atoms with van der Waals surface area (Å²) in [5, 5.41) is 6.44. The van der Waals surface area contributed by atoms with Crippen LogP contribution in [-0.2, 0) is 9.53 Å². The van der Waals surface area contributed by atoms with Gasteiger partial charge in [0.05, 0.1) is 47.4 Å². The van der Waals surface area contributed by atoms with Gasteiger partial charge in [0.1, 0.15) is 11.6 Å². The van der Waals surface area contributed by atoms with E-state index in [1.54, 1.807) is 30.5 Å². The van der Waals surface area contributed by atoms with E-state index in [0.29, 0.717) is 47.0 Å². The minimum Gasteiger partial charge on any atom is -0.378 e. The van der Waals surface area contributed by atoms with Gasteiger partial charge in [-0.05, 0) is 55.3 Å². The number of aromatic nitrogens is 3. The number of nitrogens with zero attached hydrogens (tertiary/aromatic N) is 3. The van der Waals surface area contributed by atoms with Gasteiger partial charge < -0.3 is 25.3 Å². The largest absolute Gasteiger partial charge is 0.378 e. The Balaban J connectivity index is 1.28. The Kier molecular flexibility index (Phi) is 7.41. The molecule has 1 amide bonds. The van der Waals surface area contributed by atoms with Crippen molar-refractivity contribution in [2.75, 3.05) is 41.8 Å². The van der Waals surface area contributed by atoms with E-state index < -0.39 is 5.82 Å². The van der Waals surface area contributed by atoms with Crippen molar-refractivity contribution < 1.29 is 13.9 Å². The van der Waals surface area contributed by atoms with Crippen molar-refractivity contribution in [3.63, 3.8) is 0 Å². The van der Waals surface area contributed by atoms with Crippen LogP contribution in [0.25, 0.3) is 22.2 Å². The molecule has 3 aromatic heterocycles. The van der Waals surface area contributed by atoms with Gasteiger partial charge in [-0.25, -0.2) is 14.4 Å². The molecule has 10 heteroatoms. The Morgan fingerprint density at radius 3 is 2.62 bits per heavy atom. The summed E-state index contributed by atoms with van der Waals surface area (Å²) in [6, 6.07) is 11.7. The van der Waals surface area contributed by atoms with Crippen molar-refractivity contribution in [1.29, 1.82) is 0 Å². The molecule has 0 spiro atoms. The number of H-pyrrole nitrogens is 1. The van der Waals surface area contributed by atoms with Crippen LogP contribution in [0.1, 0.15) is 32.1 Å². The lowest BCUT2D eigenvalue weighted by Crippen LogP contribution is -2.36. The van der Waals surface area contributed by atoms with Gasteiger partial charge in [0.2, 0.25) is 5.91 Å². The zero-order valence-electron chi connectivity index (χ0n) is 22.1. The van der Waals surface area contributed by atoms with E-state index in [2.05, 4.69) is 30.5 Å². The number of anilines is 4. The molecule has 2 fully saturated rings. The van der Waals surface area contributed by atoms with E-state index in [1.165, 1.54) is 12.3 Å². The highest BCUT2D eigenvalue weighted by Gasteiger charge is 2.22. The molecule has 1 saturated heterocycles. The van der Waals surface area contributed by atoms with Gasteiger partial charge in [-0.3, -0.25) is 9.59 Å². The second-order valence-electron chi connectivity index (χ2n) is 10.3. The molecule has 2 aliphatic rings. The van der Waals surface area contributed by atoms with Gasteiger partial charge in [-0.15, -0.1) is 0 Å². The summed E-state index contributed by atoms with van der Waals surface area (Å²) >= 11 is 0. The zero-order chi connectivity index (χ0) is 27.5. The molecule has 4 aromatic rings. The van der Waals surface area contributed by atoms with Crippen LogP contribution in [-0.4, -0.2) is 47.2 Å². The first-order chi connectivity index (χ1) is 19.5. The van der Waals surface area contributed by atoms with Crippen LogP contribution in [0, 0.1) is 11.7 Å². The Bertz CT molecular complexity index is 1580. The lowest BCUT2D eigenvalue weighted by Gasteiger charge is -2.28. The molecule has 40 heavy (non-hydrogen) atoms. The smallest absolute Gasteiger partial charge is 0.259 e. The summed E-state index contributed by atoms with van der Waals surface area (Å²) in [7, 11) is 0. The van der Waals surface area contributed by atoms with Gasteiger partial charge in [-0.1, -0.05) is 19.3 Å². The quantitative estimate of drug-likeness (QED) is 0.306. The number of rotatable bonds is 6. The number of aromatic amines is 1. The highest BCUT2D eigenvalue weighted by atomic mass is 19.1. The van der Waals surface area contributed by atoms with Crippen LogP contribution in [0.3, 0.4) is 0 Å². The monoisotopic (exact) mass is 542 g/mol. The standard InChI is InChI=1S/C30H31FN6O3/c31-23-16-20(34-29(38)19-4-2-1-3-5-19)6-8-22(23)25-17-26(28-24(35-25)10-11-32-30(28)39)36-27-9-7-21(18-33-27)37-12-14-40-15-13-37/h6-11,16-19H,1-5,12-15H2,(H,32,39)(H,34,38)(H,33,35,36). The molecular formula is C30H31FN6O3. The van der Waals surface area contributed by atoms with Crippen LogP contribution in [0.4, 0.5) is 27.3 Å². The first kappa shape index (κ1) is 25.9. The predicted octanol–water partition coefficient (Wildman–Crippen LogP) is 5.22. The average Bonchev–Trinajstić information content (AvgIpc) is 2.98. The topological polar surface area (TPSA) is 112 Å². The molecule has 9 nitrogen and oxygen atoms in total. The van der Waals surface area contributed by atoms with E-state index in [-0.39, 0.29) is 22.9 Å². The van der Waals surface area contributed by atoms with Crippen LogP contribution in [0.15, 0.2) is 59.7 Å². The molecule has 0 atom stereocenters. The number of pyridine rings is 3. The molecule has 1 aromatic carbocycles. The van der Waals surface area contributed by atoms with Gasteiger partial charge in [0.25, 0.3) is 5.56 Å². The summed E-state index contributed by atoms with van der Waals surface area (Å²) < 4.78 is 20.8.